The number of aryl methyl sites for hydroxylation is 1. The number of methoxy groups -OCH3 is 2. The first-order chi connectivity index (χ1) is 13.1. The summed E-state index contributed by atoms with van der Waals surface area (Å²) in [4.78, 5) is 21.2. The van der Waals surface area contributed by atoms with Crippen LogP contribution in [0.5, 0.6) is 11.5 Å². The number of carbonyl (C=O) groups excluding carboxylic acids is 1. The number of aromatic nitrogens is 2. The van der Waals surface area contributed by atoms with Gasteiger partial charge in [-0.3, -0.25) is 0 Å². The number of nitrogens with one attached hydrogen (secondary N) is 1. The van der Waals surface area contributed by atoms with Crippen LogP contribution in [0.4, 0.5) is 11.4 Å². The van der Waals surface area contributed by atoms with Gasteiger partial charge in [-0.1, -0.05) is 0 Å². The number of carbonyl (C=O) groups is 1. The van der Waals surface area contributed by atoms with Crippen LogP contribution >= 0.6 is 0 Å². The van der Waals surface area contributed by atoms with E-state index in [-0.39, 0.29) is 6.61 Å². The Bertz CT molecular complexity index is 988. The Balaban J connectivity index is 2.19. The molecule has 0 aliphatic rings. The van der Waals surface area contributed by atoms with E-state index in [0.717, 1.165) is 5.69 Å². The number of fused-ring (bicyclic) bond motifs is 1. The van der Waals surface area contributed by atoms with Gasteiger partial charge in [-0.2, -0.15) is 0 Å². The molecular formula is C20H21N3O4. The first kappa shape index (κ1) is 18.4. The Kier molecular flexibility index (Phi) is 5.40. The molecule has 2 aromatic heterocycles. The van der Waals surface area contributed by atoms with E-state index < -0.39 is 5.97 Å². The van der Waals surface area contributed by atoms with Crippen molar-refractivity contribution in [2.24, 2.45) is 0 Å². The molecule has 1 aromatic carbocycles. The Morgan fingerprint density at radius 1 is 1.15 bits per heavy atom. The Morgan fingerprint density at radius 2 is 1.96 bits per heavy atom. The van der Waals surface area contributed by atoms with Gasteiger partial charge in [0.15, 0.2) is 5.65 Å². The highest BCUT2D eigenvalue weighted by Crippen LogP contribution is 2.35. The maximum Gasteiger partial charge on any atom is 0.341 e. The molecule has 1 N–H and O–H groups in total. The topological polar surface area (TPSA) is 82.6 Å². The van der Waals surface area contributed by atoms with Crippen LogP contribution < -0.4 is 14.8 Å². The van der Waals surface area contributed by atoms with Crippen LogP contribution in [0.2, 0.25) is 0 Å². The minimum Gasteiger partial charge on any atom is -0.497 e. The molecule has 7 heteroatoms. The Hall–Kier alpha value is -3.35. The fraction of sp³-hybridized carbons (Fsp3) is 0.250. The van der Waals surface area contributed by atoms with E-state index in [9.17, 15) is 4.79 Å². The molecule has 7 nitrogen and oxygen atoms in total. The number of pyridine rings is 2. The molecule has 0 amide bonds. The van der Waals surface area contributed by atoms with Crippen LogP contribution in [0.15, 0.2) is 36.5 Å². The van der Waals surface area contributed by atoms with Crippen LogP contribution in [0.25, 0.3) is 11.0 Å². The molecule has 3 aromatic rings. The fourth-order valence-corrected chi connectivity index (χ4v) is 2.72. The van der Waals surface area contributed by atoms with E-state index in [1.165, 1.54) is 6.20 Å². The van der Waals surface area contributed by atoms with Crippen LogP contribution in [-0.2, 0) is 4.74 Å². The van der Waals surface area contributed by atoms with Crippen molar-refractivity contribution in [2.75, 3.05) is 26.1 Å². The summed E-state index contributed by atoms with van der Waals surface area (Å²) in [6.07, 6.45) is 1.47. The van der Waals surface area contributed by atoms with E-state index >= 15 is 0 Å². The summed E-state index contributed by atoms with van der Waals surface area (Å²) in [6.45, 7) is 3.92. The van der Waals surface area contributed by atoms with Gasteiger partial charge < -0.3 is 19.5 Å². The van der Waals surface area contributed by atoms with Crippen molar-refractivity contribution in [3.05, 3.63) is 47.8 Å². The van der Waals surface area contributed by atoms with Crippen molar-refractivity contribution in [3.8, 4) is 11.5 Å². The highest BCUT2D eigenvalue weighted by molar-refractivity contribution is 6.05. The Labute approximate surface area is 157 Å². The van der Waals surface area contributed by atoms with Crippen LogP contribution in [0.3, 0.4) is 0 Å². The van der Waals surface area contributed by atoms with Crippen molar-refractivity contribution in [2.45, 2.75) is 13.8 Å². The summed E-state index contributed by atoms with van der Waals surface area (Å²) in [5.41, 5.74) is 2.89. The SMILES string of the molecule is CCOC(=O)c1cnc2nc(C)ccc2c1Nc1cc(OC)ccc1OC. The molecule has 27 heavy (non-hydrogen) atoms. The third-order valence-corrected chi connectivity index (χ3v) is 4.03. The third-order valence-electron chi connectivity index (χ3n) is 4.03. The number of rotatable bonds is 6. The Morgan fingerprint density at radius 3 is 2.67 bits per heavy atom. The zero-order chi connectivity index (χ0) is 19.4. The molecule has 0 saturated carbocycles. The number of esters is 1. The van der Waals surface area contributed by atoms with Crippen molar-refractivity contribution in [1.82, 2.24) is 9.97 Å². The average Bonchev–Trinajstić information content (AvgIpc) is 2.68. The second kappa shape index (κ2) is 7.90. The minimum atomic E-state index is -0.461. The lowest BCUT2D eigenvalue weighted by molar-refractivity contribution is 0.0527. The van der Waals surface area contributed by atoms with E-state index in [1.54, 1.807) is 39.3 Å². The van der Waals surface area contributed by atoms with Gasteiger partial charge in [0.05, 0.1) is 32.2 Å². The second-order valence-corrected chi connectivity index (χ2v) is 5.78. The maximum absolute atomic E-state index is 12.5. The van der Waals surface area contributed by atoms with Gasteiger partial charge in [-0.25, -0.2) is 14.8 Å². The van der Waals surface area contributed by atoms with Gasteiger partial charge in [-0.15, -0.1) is 0 Å². The lowest BCUT2D eigenvalue weighted by atomic mass is 10.1. The quantitative estimate of drug-likeness (QED) is 0.662. The summed E-state index contributed by atoms with van der Waals surface area (Å²) in [6, 6.07) is 9.12. The van der Waals surface area contributed by atoms with E-state index in [4.69, 9.17) is 14.2 Å². The van der Waals surface area contributed by atoms with Crippen molar-refractivity contribution < 1.29 is 19.0 Å². The molecule has 0 bridgehead atoms. The summed E-state index contributed by atoms with van der Waals surface area (Å²) in [5, 5.41) is 3.99. The lowest BCUT2D eigenvalue weighted by Gasteiger charge is -2.16. The molecule has 0 saturated heterocycles. The number of hydrogen-bond acceptors (Lipinski definition) is 7. The number of ether oxygens (including phenoxy) is 3. The highest BCUT2D eigenvalue weighted by atomic mass is 16.5. The molecule has 0 aliphatic heterocycles. The second-order valence-electron chi connectivity index (χ2n) is 5.78. The third kappa shape index (κ3) is 3.76. The smallest absolute Gasteiger partial charge is 0.341 e. The molecule has 3 rings (SSSR count). The largest absolute Gasteiger partial charge is 0.497 e. The van der Waals surface area contributed by atoms with Gasteiger partial charge in [0.2, 0.25) is 0 Å². The van der Waals surface area contributed by atoms with Crippen LogP contribution in [0, 0.1) is 6.92 Å². The molecule has 0 unspecified atom stereocenters. The number of benzene rings is 1. The van der Waals surface area contributed by atoms with Gasteiger partial charge in [0, 0.05) is 23.3 Å². The standard InChI is InChI=1S/C20H21N3O4/c1-5-27-20(24)15-11-21-19-14(8-6-12(2)22-19)18(15)23-16-10-13(25-3)7-9-17(16)26-4/h6-11H,5H2,1-4H3,(H,21,22,23). The number of nitrogens with zero attached hydrogens (tertiary/aromatic N) is 2. The van der Waals surface area contributed by atoms with Gasteiger partial charge in [0.1, 0.15) is 17.1 Å². The average molecular weight is 367 g/mol. The number of hydrogen-bond donors (Lipinski definition) is 1. The van der Waals surface area contributed by atoms with Crippen molar-refractivity contribution in [1.29, 1.82) is 0 Å². The van der Waals surface area contributed by atoms with Gasteiger partial charge in [-0.05, 0) is 38.1 Å². The van der Waals surface area contributed by atoms with Gasteiger partial charge in [0.25, 0.3) is 0 Å². The molecule has 140 valence electrons. The minimum absolute atomic E-state index is 0.269. The molecule has 0 fully saturated rings. The molecule has 0 atom stereocenters. The lowest BCUT2D eigenvalue weighted by Crippen LogP contribution is -2.10. The maximum atomic E-state index is 12.5. The van der Waals surface area contributed by atoms with Crippen LogP contribution in [0.1, 0.15) is 23.0 Å². The van der Waals surface area contributed by atoms with E-state index in [2.05, 4.69) is 15.3 Å². The first-order valence-electron chi connectivity index (χ1n) is 8.50. The van der Waals surface area contributed by atoms with E-state index in [0.29, 0.717) is 39.5 Å². The summed E-state index contributed by atoms with van der Waals surface area (Å²) < 4.78 is 15.9. The van der Waals surface area contributed by atoms with Crippen molar-refractivity contribution in [3.63, 3.8) is 0 Å². The monoisotopic (exact) mass is 367 g/mol. The molecule has 0 radical (unpaired) electrons. The molecule has 2 heterocycles. The number of anilines is 2. The summed E-state index contributed by atoms with van der Waals surface area (Å²) in [5.74, 6) is 0.802. The zero-order valence-corrected chi connectivity index (χ0v) is 15.7. The molecule has 0 spiro atoms. The predicted octanol–water partition coefficient (Wildman–Crippen LogP) is 3.88. The predicted molar refractivity (Wildman–Crippen MR) is 103 cm³/mol. The fourth-order valence-electron chi connectivity index (χ4n) is 2.72. The van der Waals surface area contributed by atoms with Crippen LogP contribution in [-0.4, -0.2) is 36.8 Å². The molecular weight excluding hydrogens is 346 g/mol. The first-order valence-corrected chi connectivity index (χ1v) is 8.50. The van der Waals surface area contributed by atoms with Crippen molar-refractivity contribution >= 4 is 28.4 Å². The van der Waals surface area contributed by atoms with Gasteiger partial charge >= 0.3 is 5.97 Å². The highest BCUT2D eigenvalue weighted by Gasteiger charge is 2.19. The zero-order valence-electron chi connectivity index (χ0n) is 15.7. The summed E-state index contributed by atoms with van der Waals surface area (Å²) >= 11 is 0. The normalized spacial score (nSPS) is 10.5. The van der Waals surface area contributed by atoms with E-state index in [1.807, 2.05) is 19.1 Å². The molecule has 0 aliphatic carbocycles. The summed E-state index contributed by atoms with van der Waals surface area (Å²) in [7, 11) is 3.17.